The molecule has 0 fully saturated rings. The fraction of sp³-hybridized carbons (Fsp3) is 0.263. The second-order valence-electron chi connectivity index (χ2n) is 6.23. The first-order valence-electron chi connectivity index (χ1n) is 8.46. The number of carbonyl (C=O) groups excluding carboxylic acids is 1. The standard InChI is InChI=1S/C19H17N3O6/c20-7-11-1-3-12(4-2-11)9-22-14-5-6-28-10-13(14)17(25)16(19(22)27)18(26)21-8-15(23)24/h1-4,25H,5-6,8-10H2,(H,21,26)(H,23,24). The minimum Gasteiger partial charge on any atom is -0.506 e. The molecule has 1 aromatic carbocycles. The molecule has 9 nitrogen and oxygen atoms in total. The van der Waals surface area contributed by atoms with E-state index in [2.05, 4.69) is 5.32 Å². The molecular formula is C19H17N3O6. The molecule has 3 N–H and O–H groups in total. The molecule has 0 bridgehead atoms. The third-order valence-corrected chi connectivity index (χ3v) is 4.44. The average Bonchev–Trinajstić information content (AvgIpc) is 2.70. The lowest BCUT2D eigenvalue weighted by atomic mass is 10.0. The number of carboxylic acids is 1. The van der Waals surface area contributed by atoms with Gasteiger partial charge in [0.25, 0.3) is 11.5 Å². The molecule has 28 heavy (non-hydrogen) atoms. The fourth-order valence-electron chi connectivity index (χ4n) is 3.07. The quantitative estimate of drug-likeness (QED) is 0.677. The third-order valence-electron chi connectivity index (χ3n) is 4.44. The van der Waals surface area contributed by atoms with Gasteiger partial charge in [-0.15, -0.1) is 0 Å². The van der Waals surface area contributed by atoms with Crippen LogP contribution in [0, 0.1) is 11.3 Å². The summed E-state index contributed by atoms with van der Waals surface area (Å²) < 4.78 is 6.73. The van der Waals surface area contributed by atoms with Crippen LogP contribution in [0.25, 0.3) is 0 Å². The Bertz CT molecular complexity index is 1030. The molecule has 9 heteroatoms. The van der Waals surface area contributed by atoms with Crippen molar-refractivity contribution in [1.82, 2.24) is 9.88 Å². The summed E-state index contributed by atoms with van der Waals surface area (Å²) in [7, 11) is 0. The molecule has 2 heterocycles. The van der Waals surface area contributed by atoms with Gasteiger partial charge in [-0.2, -0.15) is 5.26 Å². The Morgan fingerprint density at radius 3 is 2.64 bits per heavy atom. The molecule has 1 aromatic heterocycles. The van der Waals surface area contributed by atoms with E-state index < -0.39 is 35.3 Å². The number of carboxylic acid groups (broad SMARTS) is 1. The molecule has 2 aromatic rings. The molecule has 0 spiro atoms. The lowest BCUT2D eigenvalue weighted by molar-refractivity contribution is -0.135. The number of fused-ring (bicyclic) bond motifs is 1. The first-order chi connectivity index (χ1) is 13.4. The molecule has 3 rings (SSSR count). The zero-order chi connectivity index (χ0) is 20.3. The monoisotopic (exact) mass is 383 g/mol. The Morgan fingerprint density at radius 2 is 2.00 bits per heavy atom. The van der Waals surface area contributed by atoms with Gasteiger partial charge in [-0.05, 0) is 17.7 Å². The number of hydrogen-bond acceptors (Lipinski definition) is 6. The summed E-state index contributed by atoms with van der Waals surface area (Å²) in [5, 5.41) is 30.2. The summed E-state index contributed by atoms with van der Waals surface area (Å²) in [6.45, 7) is -0.148. The Balaban J connectivity index is 2.08. The second-order valence-corrected chi connectivity index (χ2v) is 6.23. The highest BCUT2D eigenvalue weighted by molar-refractivity contribution is 5.98. The highest BCUT2D eigenvalue weighted by atomic mass is 16.5. The van der Waals surface area contributed by atoms with E-state index in [0.717, 1.165) is 5.56 Å². The fourth-order valence-corrected chi connectivity index (χ4v) is 3.07. The van der Waals surface area contributed by atoms with Gasteiger partial charge >= 0.3 is 5.97 Å². The first kappa shape index (κ1) is 19.1. The van der Waals surface area contributed by atoms with Crippen molar-refractivity contribution in [2.75, 3.05) is 13.2 Å². The van der Waals surface area contributed by atoms with Gasteiger partial charge in [0.15, 0.2) is 0 Å². The number of rotatable bonds is 5. The van der Waals surface area contributed by atoms with Crippen LogP contribution in [0.5, 0.6) is 5.75 Å². The molecule has 144 valence electrons. The number of nitrogens with zero attached hydrogens (tertiary/aromatic N) is 2. The van der Waals surface area contributed by atoms with E-state index in [1.807, 2.05) is 6.07 Å². The van der Waals surface area contributed by atoms with Crippen LogP contribution in [0.1, 0.15) is 32.7 Å². The summed E-state index contributed by atoms with van der Waals surface area (Å²) in [6, 6.07) is 8.66. The first-order valence-corrected chi connectivity index (χ1v) is 8.46. The Morgan fingerprint density at radius 1 is 1.29 bits per heavy atom. The number of ether oxygens (including phenoxy) is 1. The SMILES string of the molecule is N#Cc1ccc(Cn2c3c(c(O)c(C(=O)NCC(=O)O)c2=O)COCC3)cc1. The van der Waals surface area contributed by atoms with Gasteiger partial charge in [0.2, 0.25) is 0 Å². The Kier molecular flexibility index (Phi) is 5.42. The Labute approximate surface area is 159 Å². The molecule has 0 saturated carbocycles. The average molecular weight is 383 g/mol. The Hall–Kier alpha value is -3.64. The maximum atomic E-state index is 13.0. The summed E-state index contributed by atoms with van der Waals surface area (Å²) in [4.78, 5) is 36.0. The van der Waals surface area contributed by atoms with Crippen LogP contribution in [-0.4, -0.2) is 39.8 Å². The number of nitriles is 1. The summed E-state index contributed by atoms with van der Waals surface area (Å²) in [6.07, 6.45) is 0.380. The number of nitrogens with one attached hydrogen (secondary N) is 1. The van der Waals surface area contributed by atoms with Crippen LogP contribution < -0.4 is 10.9 Å². The van der Waals surface area contributed by atoms with Crippen LogP contribution in [0.4, 0.5) is 0 Å². The van der Waals surface area contributed by atoms with Gasteiger partial charge in [0.1, 0.15) is 17.9 Å². The zero-order valence-electron chi connectivity index (χ0n) is 14.8. The van der Waals surface area contributed by atoms with Gasteiger partial charge in [-0.3, -0.25) is 14.4 Å². The summed E-state index contributed by atoms with van der Waals surface area (Å²) in [5.41, 5.74) is 0.876. The van der Waals surface area contributed by atoms with E-state index in [-0.39, 0.29) is 13.2 Å². The number of hydrogen-bond donors (Lipinski definition) is 3. The smallest absolute Gasteiger partial charge is 0.322 e. The zero-order valence-corrected chi connectivity index (χ0v) is 14.8. The molecule has 0 unspecified atom stereocenters. The maximum absolute atomic E-state index is 13.0. The molecular weight excluding hydrogens is 366 g/mol. The molecule has 1 amide bonds. The van der Waals surface area contributed by atoms with Crippen LogP contribution >= 0.6 is 0 Å². The topological polar surface area (TPSA) is 142 Å². The van der Waals surface area contributed by atoms with Crippen molar-refractivity contribution in [3.8, 4) is 11.8 Å². The van der Waals surface area contributed by atoms with Crippen molar-refractivity contribution < 1.29 is 24.5 Å². The molecule has 0 radical (unpaired) electrons. The second kappa shape index (κ2) is 7.94. The van der Waals surface area contributed by atoms with Gasteiger partial charge < -0.3 is 24.8 Å². The van der Waals surface area contributed by atoms with E-state index in [1.54, 1.807) is 24.3 Å². The van der Waals surface area contributed by atoms with Gasteiger partial charge in [0, 0.05) is 17.7 Å². The van der Waals surface area contributed by atoms with Gasteiger partial charge in [-0.25, -0.2) is 0 Å². The largest absolute Gasteiger partial charge is 0.506 e. The maximum Gasteiger partial charge on any atom is 0.322 e. The minimum absolute atomic E-state index is 0.0357. The van der Waals surface area contributed by atoms with Crippen molar-refractivity contribution in [3.63, 3.8) is 0 Å². The van der Waals surface area contributed by atoms with Gasteiger partial charge in [-0.1, -0.05) is 12.1 Å². The number of amides is 1. The third kappa shape index (κ3) is 3.72. The van der Waals surface area contributed by atoms with Crippen molar-refractivity contribution in [2.45, 2.75) is 19.6 Å². The summed E-state index contributed by atoms with van der Waals surface area (Å²) in [5.74, 6) is -2.72. The van der Waals surface area contributed by atoms with E-state index in [9.17, 15) is 19.5 Å². The van der Waals surface area contributed by atoms with Crippen LogP contribution in [-0.2, 0) is 29.1 Å². The van der Waals surface area contributed by atoms with E-state index in [4.69, 9.17) is 15.1 Å². The highest BCUT2D eigenvalue weighted by Crippen LogP contribution is 2.28. The lowest BCUT2D eigenvalue weighted by Crippen LogP contribution is -2.38. The lowest BCUT2D eigenvalue weighted by Gasteiger charge is -2.24. The minimum atomic E-state index is -1.27. The number of aromatic hydroxyl groups is 1. The highest BCUT2D eigenvalue weighted by Gasteiger charge is 2.27. The van der Waals surface area contributed by atoms with E-state index in [1.165, 1.54) is 4.57 Å². The number of aliphatic carboxylic acids is 1. The van der Waals surface area contributed by atoms with E-state index >= 15 is 0 Å². The number of benzene rings is 1. The van der Waals surface area contributed by atoms with Crippen LogP contribution in [0.2, 0.25) is 0 Å². The van der Waals surface area contributed by atoms with Crippen LogP contribution in [0.15, 0.2) is 29.1 Å². The van der Waals surface area contributed by atoms with E-state index in [0.29, 0.717) is 29.8 Å². The van der Waals surface area contributed by atoms with Crippen molar-refractivity contribution >= 4 is 11.9 Å². The summed E-state index contributed by atoms with van der Waals surface area (Å²) >= 11 is 0. The number of carbonyl (C=O) groups is 2. The normalized spacial score (nSPS) is 12.7. The van der Waals surface area contributed by atoms with Gasteiger partial charge in [0.05, 0.1) is 31.4 Å². The van der Waals surface area contributed by atoms with Crippen molar-refractivity contribution in [1.29, 1.82) is 5.26 Å². The molecule has 0 saturated heterocycles. The number of pyridine rings is 1. The van der Waals surface area contributed by atoms with Crippen molar-refractivity contribution in [2.24, 2.45) is 0 Å². The van der Waals surface area contributed by atoms with Crippen molar-refractivity contribution in [3.05, 3.63) is 62.6 Å². The molecule has 1 aliphatic heterocycles. The predicted octanol–water partition coefficient (Wildman–Crippen LogP) is 0.361. The molecule has 1 aliphatic rings. The predicted molar refractivity (Wildman–Crippen MR) is 96.0 cm³/mol. The van der Waals surface area contributed by atoms with Crippen LogP contribution in [0.3, 0.4) is 0 Å². The molecule has 0 aliphatic carbocycles. The molecule has 0 atom stereocenters. The number of aromatic nitrogens is 1.